The number of aromatic nitrogens is 2. The van der Waals surface area contributed by atoms with Gasteiger partial charge < -0.3 is 15.0 Å². The molecule has 4 atom stereocenters. The molecule has 4 heterocycles. The van der Waals surface area contributed by atoms with Crippen molar-refractivity contribution < 1.29 is 9.53 Å². The molecule has 2 aromatic rings. The number of carbonyl (C=O) groups is 1. The Morgan fingerprint density at radius 2 is 1.85 bits per heavy atom. The summed E-state index contributed by atoms with van der Waals surface area (Å²) in [5.41, 5.74) is 5.07. The lowest BCUT2D eigenvalue weighted by Crippen LogP contribution is -2.35. The Hall–Kier alpha value is -2.60. The van der Waals surface area contributed by atoms with Gasteiger partial charge in [0, 0.05) is 24.9 Å². The highest BCUT2D eigenvalue weighted by Gasteiger charge is 2.51. The van der Waals surface area contributed by atoms with Gasteiger partial charge in [0.1, 0.15) is 0 Å². The number of aryl methyl sites for hydroxylation is 2. The first-order valence-corrected chi connectivity index (χ1v) is 9.53. The Morgan fingerprint density at radius 1 is 1.15 bits per heavy atom. The van der Waals surface area contributed by atoms with Gasteiger partial charge in [0.15, 0.2) is 0 Å². The van der Waals surface area contributed by atoms with E-state index in [0.717, 1.165) is 35.7 Å². The van der Waals surface area contributed by atoms with Gasteiger partial charge in [-0.25, -0.2) is 9.48 Å². The van der Waals surface area contributed by atoms with Crippen LogP contribution in [0.4, 0.5) is 10.5 Å². The second-order valence-electron chi connectivity index (χ2n) is 7.96. The largest absolute Gasteiger partial charge is 0.366 e. The topological polar surface area (TPSA) is 59.4 Å². The van der Waals surface area contributed by atoms with E-state index in [4.69, 9.17) is 4.74 Å². The minimum Gasteiger partial charge on any atom is -0.366 e. The van der Waals surface area contributed by atoms with Crippen LogP contribution in [0, 0.1) is 32.6 Å². The van der Waals surface area contributed by atoms with Crippen molar-refractivity contribution in [1.29, 1.82) is 0 Å². The van der Waals surface area contributed by atoms with E-state index in [0.29, 0.717) is 11.8 Å². The van der Waals surface area contributed by atoms with Crippen LogP contribution in [0.5, 0.6) is 0 Å². The molecule has 0 spiro atoms. The van der Waals surface area contributed by atoms with Crippen molar-refractivity contribution >= 4 is 11.7 Å². The maximum atomic E-state index is 12.8. The molecule has 1 aromatic heterocycles. The molecule has 4 unspecified atom stereocenters. The standard InChI is InChI=1S/C21H24N4O2/c1-12-4-5-13(2)18(8-12)25-14(3)17(9-22-25)23-21(26)24-10-15-16(11-24)20-7-6-19(15)27-20/h4-9,15-16,19-20H,10-11H2,1-3H3,(H,23,26). The van der Waals surface area contributed by atoms with Crippen LogP contribution >= 0.6 is 0 Å². The number of amides is 2. The molecule has 3 aliphatic rings. The predicted octanol–water partition coefficient (Wildman–Crippen LogP) is 3.21. The van der Waals surface area contributed by atoms with Crippen LogP contribution in [0.2, 0.25) is 0 Å². The summed E-state index contributed by atoms with van der Waals surface area (Å²) in [5, 5.41) is 7.57. The molecular formula is C21H24N4O2. The number of fused-ring (bicyclic) bond motifs is 5. The molecule has 6 nitrogen and oxygen atoms in total. The third-order valence-electron chi connectivity index (χ3n) is 6.19. The fourth-order valence-corrected chi connectivity index (χ4v) is 4.61. The smallest absolute Gasteiger partial charge is 0.321 e. The Labute approximate surface area is 158 Å². The summed E-state index contributed by atoms with van der Waals surface area (Å²) in [6.07, 6.45) is 6.40. The molecule has 2 amide bonds. The molecule has 0 saturated carbocycles. The molecule has 6 heteroatoms. The summed E-state index contributed by atoms with van der Waals surface area (Å²) in [6, 6.07) is 6.26. The summed E-state index contributed by atoms with van der Waals surface area (Å²) in [7, 11) is 0. The molecule has 1 aromatic carbocycles. The molecule has 2 saturated heterocycles. The highest BCUT2D eigenvalue weighted by Crippen LogP contribution is 2.43. The second kappa shape index (κ2) is 5.96. The van der Waals surface area contributed by atoms with E-state index in [-0.39, 0.29) is 18.2 Å². The number of nitrogens with one attached hydrogen (secondary N) is 1. The van der Waals surface area contributed by atoms with Crippen LogP contribution in [-0.4, -0.2) is 46.0 Å². The number of carbonyl (C=O) groups excluding carboxylic acids is 1. The number of anilines is 1. The fraction of sp³-hybridized carbons (Fsp3) is 0.429. The van der Waals surface area contributed by atoms with Crippen LogP contribution in [0.15, 0.2) is 36.5 Å². The van der Waals surface area contributed by atoms with Crippen molar-refractivity contribution in [1.82, 2.24) is 14.7 Å². The van der Waals surface area contributed by atoms with Gasteiger partial charge in [-0.1, -0.05) is 24.3 Å². The Bertz CT molecular complexity index is 928. The molecule has 27 heavy (non-hydrogen) atoms. The quantitative estimate of drug-likeness (QED) is 0.833. The molecule has 5 rings (SSSR count). The predicted molar refractivity (Wildman–Crippen MR) is 103 cm³/mol. The number of hydrogen-bond donors (Lipinski definition) is 1. The van der Waals surface area contributed by atoms with Gasteiger partial charge in [-0.3, -0.25) is 0 Å². The monoisotopic (exact) mass is 364 g/mol. The first-order chi connectivity index (χ1) is 13.0. The van der Waals surface area contributed by atoms with Gasteiger partial charge in [0.25, 0.3) is 0 Å². The maximum absolute atomic E-state index is 12.8. The molecule has 1 N–H and O–H groups in total. The van der Waals surface area contributed by atoms with Crippen LogP contribution in [0.1, 0.15) is 16.8 Å². The average molecular weight is 364 g/mol. The number of nitrogens with zero attached hydrogens (tertiary/aromatic N) is 3. The second-order valence-corrected chi connectivity index (χ2v) is 7.96. The zero-order valence-corrected chi connectivity index (χ0v) is 15.8. The normalized spacial score (nSPS) is 28.0. The van der Waals surface area contributed by atoms with Gasteiger partial charge >= 0.3 is 6.03 Å². The first-order valence-electron chi connectivity index (χ1n) is 9.53. The van der Waals surface area contributed by atoms with Crippen molar-refractivity contribution in [3.8, 4) is 5.69 Å². The minimum absolute atomic E-state index is 0.0487. The molecule has 140 valence electrons. The van der Waals surface area contributed by atoms with Crippen molar-refractivity contribution in [3.05, 3.63) is 53.4 Å². The fourth-order valence-electron chi connectivity index (χ4n) is 4.61. The molecular weight excluding hydrogens is 340 g/mol. The summed E-state index contributed by atoms with van der Waals surface area (Å²) in [4.78, 5) is 14.7. The number of likely N-dealkylation sites (tertiary alicyclic amines) is 1. The van der Waals surface area contributed by atoms with Crippen molar-refractivity contribution in [2.75, 3.05) is 18.4 Å². The van der Waals surface area contributed by atoms with Crippen LogP contribution in [0.3, 0.4) is 0 Å². The highest BCUT2D eigenvalue weighted by atomic mass is 16.5. The minimum atomic E-state index is -0.0487. The van der Waals surface area contributed by atoms with Gasteiger partial charge in [0.05, 0.1) is 35.5 Å². The summed E-state index contributed by atoms with van der Waals surface area (Å²) < 4.78 is 7.79. The van der Waals surface area contributed by atoms with Crippen molar-refractivity contribution in [2.45, 2.75) is 33.0 Å². The molecule has 0 aliphatic carbocycles. The lowest BCUT2D eigenvalue weighted by atomic mass is 9.86. The van der Waals surface area contributed by atoms with E-state index in [1.54, 1.807) is 6.20 Å². The highest BCUT2D eigenvalue weighted by molar-refractivity contribution is 5.90. The summed E-state index contributed by atoms with van der Waals surface area (Å²) >= 11 is 0. The van der Waals surface area contributed by atoms with E-state index in [1.807, 2.05) is 16.5 Å². The van der Waals surface area contributed by atoms with Crippen LogP contribution in [0.25, 0.3) is 5.69 Å². The summed E-state index contributed by atoms with van der Waals surface area (Å²) in [6.45, 7) is 7.64. The van der Waals surface area contributed by atoms with E-state index in [1.165, 1.54) is 5.56 Å². The SMILES string of the molecule is Cc1ccc(C)c(-n2ncc(NC(=O)N3CC4C5C=CC(O5)C4C3)c2C)c1. The van der Waals surface area contributed by atoms with Crippen LogP contribution in [-0.2, 0) is 4.74 Å². The van der Waals surface area contributed by atoms with E-state index >= 15 is 0 Å². The Morgan fingerprint density at radius 3 is 2.56 bits per heavy atom. The number of benzene rings is 1. The van der Waals surface area contributed by atoms with Gasteiger partial charge in [-0.05, 0) is 38.0 Å². The van der Waals surface area contributed by atoms with E-state index in [9.17, 15) is 4.79 Å². The average Bonchev–Trinajstić information content (AvgIpc) is 3.40. The first kappa shape index (κ1) is 16.6. The van der Waals surface area contributed by atoms with Crippen LogP contribution < -0.4 is 5.32 Å². The van der Waals surface area contributed by atoms with Crippen molar-refractivity contribution in [2.24, 2.45) is 11.8 Å². The Balaban J connectivity index is 1.33. The lowest BCUT2D eigenvalue weighted by Gasteiger charge is -2.19. The summed E-state index contributed by atoms with van der Waals surface area (Å²) in [5.74, 6) is 0.869. The Kier molecular flexibility index (Phi) is 3.65. The van der Waals surface area contributed by atoms with Crippen molar-refractivity contribution in [3.63, 3.8) is 0 Å². The third kappa shape index (κ3) is 2.58. The van der Waals surface area contributed by atoms with Gasteiger partial charge in [-0.15, -0.1) is 0 Å². The van der Waals surface area contributed by atoms with Gasteiger partial charge in [-0.2, -0.15) is 5.10 Å². The number of urea groups is 1. The number of hydrogen-bond acceptors (Lipinski definition) is 3. The maximum Gasteiger partial charge on any atom is 0.321 e. The van der Waals surface area contributed by atoms with Gasteiger partial charge in [0.2, 0.25) is 0 Å². The molecule has 0 radical (unpaired) electrons. The lowest BCUT2D eigenvalue weighted by molar-refractivity contribution is 0.0892. The van der Waals surface area contributed by atoms with E-state index in [2.05, 4.69) is 54.6 Å². The zero-order valence-electron chi connectivity index (χ0n) is 15.8. The van der Waals surface area contributed by atoms with E-state index < -0.39 is 0 Å². The number of ether oxygens (including phenoxy) is 1. The molecule has 3 aliphatic heterocycles. The third-order valence-corrected chi connectivity index (χ3v) is 6.19. The molecule has 2 bridgehead atoms. The number of rotatable bonds is 2. The molecule has 2 fully saturated rings. The zero-order chi connectivity index (χ0) is 18.7.